The van der Waals surface area contributed by atoms with Crippen molar-refractivity contribution in [1.29, 1.82) is 0 Å². The van der Waals surface area contributed by atoms with Gasteiger partial charge in [0, 0.05) is 0 Å². The van der Waals surface area contributed by atoms with Crippen molar-refractivity contribution in [1.82, 2.24) is 0 Å². The Morgan fingerprint density at radius 2 is 0.800 bits per heavy atom. The van der Waals surface area contributed by atoms with E-state index >= 15 is 0 Å². The fourth-order valence-corrected chi connectivity index (χ4v) is 0. The van der Waals surface area contributed by atoms with Crippen LogP contribution in [-0.4, -0.2) is 45.6 Å². The van der Waals surface area contributed by atoms with E-state index in [4.69, 9.17) is 0 Å². The van der Waals surface area contributed by atoms with Crippen LogP contribution in [-0.2, 0) is 0 Å². The maximum atomic E-state index is 0. The minimum atomic E-state index is 0. The Morgan fingerprint density at radius 1 is 0.800 bits per heavy atom. The van der Waals surface area contributed by atoms with Crippen LogP contribution in [0, 0.1) is 0 Å². The summed E-state index contributed by atoms with van der Waals surface area (Å²) in [6, 6.07) is 0. The molecule has 0 spiro atoms. The van der Waals surface area contributed by atoms with Gasteiger partial charge in [0.2, 0.25) is 0 Å². The molecule has 0 fully saturated rings. The molecule has 0 N–H and O–H groups in total. The second kappa shape index (κ2) is 66.8. The average molecular weight is 139 g/mol. The predicted octanol–water partition coefficient (Wildman–Crippen LogP) is -1.37. The molecular weight excluding hydrogens is 136 g/mol. The molecular formula is H3AlBGaN2. The van der Waals surface area contributed by atoms with Gasteiger partial charge in [-0.05, 0) is 0 Å². The van der Waals surface area contributed by atoms with Gasteiger partial charge in [-0.3, -0.25) is 0 Å². The Labute approximate surface area is 58.0 Å². The summed E-state index contributed by atoms with van der Waals surface area (Å²) in [5.41, 5.74) is 0. The summed E-state index contributed by atoms with van der Waals surface area (Å²) in [6.45, 7) is 0. The molecule has 0 radical (unpaired) electrons. The maximum absolute atomic E-state index is 0. The van der Waals surface area contributed by atoms with Crippen LogP contribution in [0.2, 0.25) is 0 Å². The van der Waals surface area contributed by atoms with E-state index < -0.39 is 0 Å². The van der Waals surface area contributed by atoms with Gasteiger partial charge in [0.1, 0.15) is 0 Å². The fourth-order valence-electron chi connectivity index (χ4n) is 0. The average Bonchev–Trinajstić information content (AvgIpc) is 0. The van der Waals surface area contributed by atoms with Crippen molar-refractivity contribution >= 4 is 45.6 Å². The van der Waals surface area contributed by atoms with E-state index in [0.29, 0.717) is 0 Å². The second-order valence-electron chi connectivity index (χ2n) is 0. The molecule has 0 saturated heterocycles. The molecule has 0 heterocycles. The van der Waals surface area contributed by atoms with Gasteiger partial charge >= 0.3 is 37.2 Å². The Morgan fingerprint density at radius 3 is 0.800 bits per heavy atom. The smallest absolute Gasteiger partial charge is 3.00 e. The van der Waals surface area contributed by atoms with Crippen molar-refractivity contribution in [2.24, 2.45) is 0 Å². The molecule has 5 heavy (non-hydrogen) atoms. The molecule has 0 aliphatic carbocycles. The molecule has 0 aromatic carbocycles. The van der Waals surface area contributed by atoms with Gasteiger partial charge in [0.25, 0.3) is 0 Å². The summed E-state index contributed by atoms with van der Waals surface area (Å²) >= 11 is 0. The molecule has 0 rings (SSSR count). The summed E-state index contributed by atoms with van der Waals surface area (Å²) in [4.78, 5) is 0. The summed E-state index contributed by atoms with van der Waals surface area (Å²) in [5, 5.41) is 0. The quantitative estimate of drug-likeness (QED) is 0.371. The van der Waals surface area contributed by atoms with Gasteiger partial charge in [-0.15, -0.1) is 0 Å². The van der Waals surface area contributed by atoms with E-state index in [9.17, 15) is 0 Å². The van der Waals surface area contributed by atoms with Crippen LogP contribution < -0.4 is 0 Å². The van der Waals surface area contributed by atoms with Crippen molar-refractivity contribution < 1.29 is 0 Å². The van der Waals surface area contributed by atoms with Crippen LogP contribution in [0.15, 0.2) is 0 Å². The molecule has 5 heteroatoms. The van der Waals surface area contributed by atoms with Crippen LogP contribution in [0.1, 0.15) is 0 Å². The number of hydrogen-bond acceptors (Lipinski definition) is 0. The predicted molar refractivity (Wildman–Crippen MR) is 28.2 cm³/mol. The molecule has 0 saturated carbocycles. The van der Waals surface area contributed by atoms with Crippen LogP contribution in [0.5, 0.6) is 0 Å². The van der Waals surface area contributed by atoms with Gasteiger partial charge < -0.3 is 12.3 Å². The molecule has 22 valence electrons. The number of hydrogen-bond donors (Lipinski definition) is 0. The second-order valence-corrected chi connectivity index (χ2v) is 0. The first-order valence-electron chi connectivity index (χ1n) is 0. The number of rotatable bonds is 0. The minimum Gasteiger partial charge on any atom is -3.00 e. The van der Waals surface area contributed by atoms with Crippen molar-refractivity contribution in [3.8, 4) is 0 Å². The first kappa shape index (κ1) is 123. The van der Waals surface area contributed by atoms with Crippen LogP contribution in [0.25, 0.3) is 12.3 Å². The molecule has 0 aliphatic heterocycles. The molecule has 0 aliphatic rings. The normalized spacial score (nSPS) is 0. The third kappa shape index (κ3) is 38.5. The SMILES string of the molecule is B.[Al+3].[Ga+3].[N-3].[N-3]. The van der Waals surface area contributed by atoms with E-state index in [1.165, 1.54) is 0 Å². The van der Waals surface area contributed by atoms with Gasteiger partial charge in [-0.1, -0.05) is 0 Å². The summed E-state index contributed by atoms with van der Waals surface area (Å²) in [5.74, 6) is 0. The zero-order chi connectivity index (χ0) is 0. The molecule has 0 aromatic rings. The number of nitrogens with zero attached hydrogens (tertiary/aromatic N) is 2. The van der Waals surface area contributed by atoms with Gasteiger partial charge in [0.15, 0.2) is 0 Å². The Bertz CT molecular complexity index is 9.61. The maximum Gasteiger partial charge on any atom is 3.00 e. The van der Waals surface area contributed by atoms with Crippen LogP contribution in [0.3, 0.4) is 0 Å². The monoisotopic (exact) mass is 138 g/mol. The largest absolute Gasteiger partial charge is 3.00 e. The zero-order valence-electron chi connectivity index (χ0n) is 2.05. The summed E-state index contributed by atoms with van der Waals surface area (Å²) < 4.78 is 0. The van der Waals surface area contributed by atoms with E-state index in [0.717, 1.165) is 0 Å². The molecule has 0 amide bonds. The minimum absolute atomic E-state index is 0. The van der Waals surface area contributed by atoms with E-state index in [-0.39, 0.29) is 57.9 Å². The van der Waals surface area contributed by atoms with Gasteiger partial charge in [-0.2, -0.15) is 0 Å². The Kier molecular flexibility index (Phi) is 1640. The standard InChI is InChI=1S/Al.BH3.Ga.2N/h;1H3;;;/q+3;;+3;2*-3. The fraction of sp³-hybridized carbons (Fsp3) is 0. The molecule has 2 nitrogen and oxygen atoms in total. The van der Waals surface area contributed by atoms with Gasteiger partial charge in [-0.25, -0.2) is 0 Å². The first-order valence-corrected chi connectivity index (χ1v) is 0. The summed E-state index contributed by atoms with van der Waals surface area (Å²) in [6.07, 6.45) is 0. The van der Waals surface area contributed by atoms with E-state index in [2.05, 4.69) is 0 Å². The van der Waals surface area contributed by atoms with Crippen LogP contribution >= 0.6 is 0 Å². The third-order valence-corrected chi connectivity index (χ3v) is 0. The zero-order valence-corrected chi connectivity index (χ0v) is 5.63. The Hall–Kier alpha value is 1.15. The van der Waals surface area contributed by atoms with Crippen molar-refractivity contribution in [3.05, 3.63) is 12.3 Å². The molecule has 0 atom stereocenters. The summed E-state index contributed by atoms with van der Waals surface area (Å²) in [7, 11) is 0. The molecule has 0 bridgehead atoms. The molecule has 0 unspecified atom stereocenters. The Balaban J connectivity index is 0. The van der Waals surface area contributed by atoms with Crippen molar-refractivity contribution in [3.63, 3.8) is 0 Å². The first-order chi connectivity index (χ1) is 0. The van der Waals surface area contributed by atoms with Crippen molar-refractivity contribution in [2.45, 2.75) is 0 Å². The van der Waals surface area contributed by atoms with Crippen LogP contribution in [0.4, 0.5) is 0 Å². The van der Waals surface area contributed by atoms with Gasteiger partial charge in [0.05, 0.1) is 8.41 Å². The topological polar surface area (TPSA) is 61.0 Å². The van der Waals surface area contributed by atoms with Crippen molar-refractivity contribution in [2.75, 3.05) is 0 Å². The van der Waals surface area contributed by atoms with E-state index in [1.807, 2.05) is 0 Å². The van der Waals surface area contributed by atoms with E-state index in [1.54, 1.807) is 0 Å². The molecule has 0 aromatic heterocycles. The third-order valence-electron chi connectivity index (χ3n) is 0.